The molecule has 150 valence electrons. The van der Waals surface area contributed by atoms with Gasteiger partial charge in [-0.2, -0.15) is 0 Å². The van der Waals surface area contributed by atoms with Gasteiger partial charge in [0.1, 0.15) is 0 Å². The number of amides is 1. The van der Waals surface area contributed by atoms with Gasteiger partial charge in [0, 0.05) is 43.1 Å². The van der Waals surface area contributed by atoms with Crippen LogP contribution in [0.3, 0.4) is 0 Å². The van der Waals surface area contributed by atoms with Crippen molar-refractivity contribution in [1.29, 1.82) is 0 Å². The van der Waals surface area contributed by atoms with E-state index in [0.29, 0.717) is 16.9 Å². The Balaban J connectivity index is 1.68. The van der Waals surface area contributed by atoms with E-state index in [1.54, 1.807) is 25.1 Å². The lowest BCUT2D eigenvalue weighted by atomic mass is 10.1. The molecule has 2 aromatic rings. The number of nitrogens with zero attached hydrogens (tertiary/aromatic N) is 2. The number of hydrogen-bond donors (Lipinski definition) is 2. The predicted octanol–water partition coefficient (Wildman–Crippen LogP) is 2.37. The maximum atomic E-state index is 12.6. The summed E-state index contributed by atoms with van der Waals surface area (Å²) in [5.41, 5.74) is 3.38. The van der Waals surface area contributed by atoms with E-state index in [4.69, 9.17) is 0 Å². The molecule has 8 heteroatoms. The molecule has 1 aliphatic rings. The molecule has 0 aliphatic carbocycles. The third-order valence-corrected chi connectivity index (χ3v) is 5.38. The summed E-state index contributed by atoms with van der Waals surface area (Å²) in [6.45, 7) is 5.83. The molecular formula is C20H26N4O3S. The molecule has 2 N–H and O–H groups in total. The van der Waals surface area contributed by atoms with E-state index in [-0.39, 0.29) is 5.91 Å². The largest absolute Gasteiger partial charge is 0.369 e. The molecule has 0 atom stereocenters. The zero-order valence-electron chi connectivity index (χ0n) is 16.4. The molecule has 0 bridgehead atoms. The summed E-state index contributed by atoms with van der Waals surface area (Å²) < 4.78 is 25.4. The Morgan fingerprint density at radius 3 is 2.25 bits per heavy atom. The first-order chi connectivity index (χ1) is 13.2. The van der Waals surface area contributed by atoms with Gasteiger partial charge in [-0.15, -0.1) is 0 Å². The normalized spacial score (nSPS) is 15.3. The van der Waals surface area contributed by atoms with Crippen molar-refractivity contribution in [3.8, 4) is 0 Å². The quantitative estimate of drug-likeness (QED) is 0.802. The number of aryl methyl sites for hydroxylation is 1. The zero-order valence-corrected chi connectivity index (χ0v) is 17.2. The molecule has 1 heterocycles. The second kappa shape index (κ2) is 8.20. The van der Waals surface area contributed by atoms with Crippen molar-refractivity contribution in [2.24, 2.45) is 0 Å². The number of carbonyl (C=O) groups is 1. The Morgan fingerprint density at radius 2 is 1.64 bits per heavy atom. The standard InChI is InChI=1S/C20H26N4O3S/c1-15-4-5-16(14-19(15)22-28(3,26)27)20(25)21-17-6-8-18(9-7-17)24-12-10-23(2)11-13-24/h4-9,14,22H,10-13H2,1-3H3,(H,21,25). The van der Waals surface area contributed by atoms with Crippen molar-refractivity contribution < 1.29 is 13.2 Å². The number of benzene rings is 2. The first-order valence-electron chi connectivity index (χ1n) is 9.14. The zero-order chi connectivity index (χ0) is 20.3. The van der Waals surface area contributed by atoms with Crippen LogP contribution in [-0.4, -0.2) is 58.7 Å². The predicted molar refractivity (Wildman–Crippen MR) is 114 cm³/mol. The number of sulfonamides is 1. The lowest BCUT2D eigenvalue weighted by Crippen LogP contribution is -2.44. The van der Waals surface area contributed by atoms with Gasteiger partial charge < -0.3 is 15.1 Å². The third kappa shape index (κ3) is 5.24. The highest BCUT2D eigenvalue weighted by Crippen LogP contribution is 2.21. The molecule has 0 spiro atoms. The summed E-state index contributed by atoms with van der Waals surface area (Å²) in [4.78, 5) is 17.2. The molecule has 0 saturated carbocycles. The maximum absolute atomic E-state index is 12.6. The van der Waals surface area contributed by atoms with Crippen molar-refractivity contribution in [3.05, 3.63) is 53.6 Å². The Morgan fingerprint density at radius 1 is 1.00 bits per heavy atom. The van der Waals surface area contributed by atoms with Crippen molar-refractivity contribution in [1.82, 2.24) is 4.90 Å². The molecule has 0 aromatic heterocycles. The topological polar surface area (TPSA) is 81.8 Å². The Kier molecular flexibility index (Phi) is 5.90. The monoisotopic (exact) mass is 402 g/mol. The Labute approximate surface area is 166 Å². The van der Waals surface area contributed by atoms with Gasteiger partial charge in [-0.3, -0.25) is 9.52 Å². The van der Waals surface area contributed by atoms with Crippen LogP contribution >= 0.6 is 0 Å². The second-order valence-electron chi connectivity index (χ2n) is 7.20. The number of nitrogens with one attached hydrogen (secondary N) is 2. The first kappa shape index (κ1) is 20.2. The van der Waals surface area contributed by atoms with Gasteiger partial charge in [-0.1, -0.05) is 6.07 Å². The van der Waals surface area contributed by atoms with E-state index >= 15 is 0 Å². The SMILES string of the molecule is Cc1ccc(C(=O)Nc2ccc(N3CCN(C)CC3)cc2)cc1NS(C)(=O)=O. The van der Waals surface area contributed by atoms with Crippen LogP contribution < -0.4 is 14.9 Å². The fourth-order valence-corrected chi connectivity index (χ4v) is 3.72. The highest BCUT2D eigenvalue weighted by Gasteiger charge is 2.15. The lowest BCUT2D eigenvalue weighted by molar-refractivity contribution is 0.102. The lowest BCUT2D eigenvalue weighted by Gasteiger charge is -2.34. The molecular weight excluding hydrogens is 376 g/mol. The summed E-state index contributed by atoms with van der Waals surface area (Å²) in [5.74, 6) is -0.288. The minimum absolute atomic E-state index is 0.288. The number of likely N-dealkylation sites (N-methyl/N-ethyl adjacent to an activating group) is 1. The maximum Gasteiger partial charge on any atom is 0.255 e. The van der Waals surface area contributed by atoms with Crippen molar-refractivity contribution in [2.75, 3.05) is 54.4 Å². The van der Waals surface area contributed by atoms with Crippen LogP contribution in [0.2, 0.25) is 0 Å². The van der Waals surface area contributed by atoms with Crippen LogP contribution in [0, 0.1) is 6.92 Å². The second-order valence-corrected chi connectivity index (χ2v) is 8.94. The summed E-state index contributed by atoms with van der Waals surface area (Å²) in [5, 5.41) is 2.86. The minimum atomic E-state index is -3.41. The average molecular weight is 403 g/mol. The molecule has 2 aromatic carbocycles. The van der Waals surface area contributed by atoms with Crippen molar-refractivity contribution >= 4 is 33.0 Å². The highest BCUT2D eigenvalue weighted by atomic mass is 32.2. The van der Waals surface area contributed by atoms with Gasteiger partial charge in [0.2, 0.25) is 10.0 Å². The number of rotatable bonds is 5. The van der Waals surface area contributed by atoms with E-state index in [2.05, 4.69) is 26.9 Å². The molecule has 1 amide bonds. The highest BCUT2D eigenvalue weighted by molar-refractivity contribution is 7.92. The molecule has 0 unspecified atom stereocenters. The Hall–Kier alpha value is -2.58. The molecule has 3 rings (SSSR count). The number of carbonyl (C=O) groups excluding carboxylic acids is 1. The molecule has 7 nitrogen and oxygen atoms in total. The fraction of sp³-hybridized carbons (Fsp3) is 0.350. The van der Waals surface area contributed by atoms with Gasteiger partial charge in [0.15, 0.2) is 0 Å². The van der Waals surface area contributed by atoms with Crippen LogP contribution in [-0.2, 0) is 10.0 Å². The Bertz CT molecular complexity index is 950. The van der Waals surface area contributed by atoms with Crippen molar-refractivity contribution in [2.45, 2.75) is 6.92 Å². The fourth-order valence-electron chi connectivity index (χ4n) is 3.10. The van der Waals surface area contributed by atoms with E-state index in [0.717, 1.165) is 43.7 Å². The molecule has 1 aliphatic heterocycles. The summed E-state index contributed by atoms with van der Waals surface area (Å²) in [7, 11) is -1.29. The molecule has 0 radical (unpaired) electrons. The van der Waals surface area contributed by atoms with Crippen LogP contribution in [0.1, 0.15) is 15.9 Å². The average Bonchev–Trinajstić information content (AvgIpc) is 2.64. The first-order valence-corrected chi connectivity index (χ1v) is 11.0. The number of anilines is 3. The molecule has 28 heavy (non-hydrogen) atoms. The summed E-state index contributed by atoms with van der Waals surface area (Å²) in [6.07, 6.45) is 1.08. The van der Waals surface area contributed by atoms with Gasteiger partial charge in [-0.25, -0.2) is 8.42 Å². The van der Waals surface area contributed by atoms with Gasteiger partial charge in [0.25, 0.3) is 5.91 Å². The number of hydrogen-bond acceptors (Lipinski definition) is 5. The van der Waals surface area contributed by atoms with Gasteiger partial charge in [-0.05, 0) is 55.9 Å². The van der Waals surface area contributed by atoms with Crippen LogP contribution in [0.25, 0.3) is 0 Å². The number of piperazine rings is 1. The summed E-state index contributed by atoms with van der Waals surface area (Å²) in [6, 6.07) is 12.7. The third-order valence-electron chi connectivity index (χ3n) is 4.79. The smallest absolute Gasteiger partial charge is 0.255 e. The van der Waals surface area contributed by atoms with Gasteiger partial charge >= 0.3 is 0 Å². The van der Waals surface area contributed by atoms with Crippen LogP contribution in [0.5, 0.6) is 0 Å². The van der Waals surface area contributed by atoms with E-state index in [9.17, 15) is 13.2 Å². The summed E-state index contributed by atoms with van der Waals surface area (Å²) >= 11 is 0. The minimum Gasteiger partial charge on any atom is -0.369 e. The van der Waals surface area contributed by atoms with E-state index in [1.165, 1.54) is 0 Å². The van der Waals surface area contributed by atoms with Crippen LogP contribution in [0.15, 0.2) is 42.5 Å². The van der Waals surface area contributed by atoms with E-state index in [1.807, 2.05) is 24.3 Å². The molecule has 1 fully saturated rings. The van der Waals surface area contributed by atoms with Crippen molar-refractivity contribution in [3.63, 3.8) is 0 Å². The van der Waals surface area contributed by atoms with Crippen LogP contribution in [0.4, 0.5) is 17.1 Å². The van der Waals surface area contributed by atoms with E-state index < -0.39 is 10.0 Å². The van der Waals surface area contributed by atoms with Gasteiger partial charge in [0.05, 0.1) is 11.9 Å². The molecule has 1 saturated heterocycles.